The second-order valence-corrected chi connectivity index (χ2v) is 6.61. The number of hydrogen-bond acceptors (Lipinski definition) is 9. The molecular weight excluding hydrogens is 360 g/mol. The summed E-state index contributed by atoms with van der Waals surface area (Å²) in [6, 6.07) is 0.870. The van der Waals surface area contributed by atoms with Crippen LogP contribution in [0.25, 0.3) is 11.2 Å². The van der Waals surface area contributed by atoms with Crippen molar-refractivity contribution in [2.24, 2.45) is 0 Å². The molecule has 1 amide bonds. The number of anilines is 1. The summed E-state index contributed by atoms with van der Waals surface area (Å²) in [6.45, 7) is -0.397. The highest BCUT2D eigenvalue weighted by atomic mass is 32.1. The van der Waals surface area contributed by atoms with Crippen LogP contribution >= 0.6 is 11.3 Å². The van der Waals surface area contributed by atoms with Crippen LogP contribution in [0.1, 0.15) is 16.6 Å². The lowest BCUT2D eigenvalue weighted by atomic mass is 10.1. The summed E-state index contributed by atoms with van der Waals surface area (Å²) in [4.78, 5) is 24.7. The second kappa shape index (κ2) is 6.61. The van der Waals surface area contributed by atoms with Crippen molar-refractivity contribution in [3.05, 3.63) is 35.0 Å². The van der Waals surface area contributed by atoms with E-state index in [-0.39, 0.29) is 11.7 Å². The maximum Gasteiger partial charge on any atom is 0.252 e. The Balaban J connectivity index is 1.70. The lowest BCUT2D eigenvalue weighted by molar-refractivity contribution is -0.0440. The number of carbonyl (C=O) groups excluding carboxylic acids is 1. The van der Waals surface area contributed by atoms with Gasteiger partial charge in [-0.05, 0) is 11.4 Å². The molecule has 1 aliphatic rings. The molecule has 11 heteroatoms. The van der Waals surface area contributed by atoms with Gasteiger partial charge in [0, 0.05) is 10.9 Å². The van der Waals surface area contributed by atoms with Crippen molar-refractivity contribution in [2.45, 2.75) is 24.5 Å². The zero-order valence-corrected chi connectivity index (χ0v) is 14.2. The molecule has 136 valence electrons. The molecule has 0 aliphatic carbocycles. The van der Waals surface area contributed by atoms with E-state index in [1.54, 1.807) is 21.4 Å². The molecule has 26 heavy (non-hydrogen) atoms. The van der Waals surface area contributed by atoms with Crippen LogP contribution in [0.3, 0.4) is 0 Å². The molecule has 1 aliphatic heterocycles. The standard InChI is InChI=1S/C15H16N6O4S/c16-12-10-13(18-5-17-12)21(6-19-10)15-9(11(23)8(3-22)25-15)20-14(24)7-1-2-26-4-7/h1-2,4-6,8-9,11,15,22-23H,3H2,(H,20,24)(H2,16,17,18)/t8-,9-,11-,15-/m1/s1. The summed E-state index contributed by atoms with van der Waals surface area (Å²) in [6.07, 6.45) is -0.0296. The number of nitrogens with one attached hydrogen (secondary N) is 1. The quantitative estimate of drug-likeness (QED) is 0.477. The molecule has 0 unspecified atom stereocenters. The van der Waals surface area contributed by atoms with Crippen molar-refractivity contribution >= 4 is 34.2 Å². The van der Waals surface area contributed by atoms with Crippen molar-refractivity contribution in [1.29, 1.82) is 0 Å². The molecule has 4 heterocycles. The molecule has 3 aromatic heterocycles. The molecule has 5 N–H and O–H groups in total. The van der Waals surface area contributed by atoms with Crippen LogP contribution in [0, 0.1) is 0 Å². The van der Waals surface area contributed by atoms with Crippen LogP contribution in [0.15, 0.2) is 29.5 Å². The SMILES string of the molecule is Nc1ncnc2c1ncn2[C@@H]1O[C@H](CO)[C@@H](O)[C@H]1NC(=O)c1ccsc1. The van der Waals surface area contributed by atoms with Gasteiger partial charge in [-0.25, -0.2) is 15.0 Å². The van der Waals surface area contributed by atoms with Gasteiger partial charge in [-0.3, -0.25) is 9.36 Å². The summed E-state index contributed by atoms with van der Waals surface area (Å²) in [5.74, 6) is -0.133. The fourth-order valence-electron chi connectivity index (χ4n) is 2.98. The number of thiophene rings is 1. The first kappa shape index (κ1) is 16.8. The van der Waals surface area contributed by atoms with Crippen molar-refractivity contribution in [3.63, 3.8) is 0 Å². The van der Waals surface area contributed by atoms with Gasteiger partial charge in [0.15, 0.2) is 17.7 Å². The Bertz CT molecular complexity index is 930. The van der Waals surface area contributed by atoms with Gasteiger partial charge in [-0.2, -0.15) is 11.3 Å². The van der Waals surface area contributed by atoms with Crippen LogP contribution in [-0.2, 0) is 4.74 Å². The van der Waals surface area contributed by atoms with Gasteiger partial charge < -0.3 is 26.0 Å². The maximum absolute atomic E-state index is 12.4. The summed E-state index contributed by atoms with van der Waals surface area (Å²) in [5, 5.41) is 26.2. The molecular formula is C15H16N6O4S. The Hall–Kier alpha value is -2.60. The zero-order chi connectivity index (χ0) is 18.3. The highest BCUT2D eigenvalue weighted by Crippen LogP contribution is 2.32. The largest absolute Gasteiger partial charge is 0.394 e. The number of aromatic nitrogens is 4. The average molecular weight is 376 g/mol. The number of aliphatic hydroxyl groups is 2. The third-order valence-corrected chi connectivity index (χ3v) is 4.98. The smallest absolute Gasteiger partial charge is 0.252 e. The number of rotatable bonds is 4. The molecule has 10 nitrogen and oxygen atoms in total. The van der Waals surface area contributed by atoms with Crippen molar-refractivity contribution in [1.82, 2.24) is 24.8 Å². The molecule has 1 saturated heterocycles. The number of nitrogens with two attached hydrogens (primary N) is 1. The molecule has 0 aromatic carbocycles. The molecule has 3 aromatic rings. The topological polar surface area (TPSA) is 148 Å². The normalized spacial score (nSPS) is 25.6. The van der Waals surface area contributed by atoms with Gasteiger partial charge in [-0.1, -0.05) is 0 Å². The Labute approximate surface area is 151 Å². The summed E-state index contributed by atoms with van der Waals surface area (Å²) in [7, 11) is 0. The number of ether oxygens (including phenoxy) is 1. The van der Waals surface area contributed by atoms with Crippen molar-refractivity contribution in [2.75, 3.05) is 12.3 Å². The third kappa shape index (κ3) is 2.70. The lowest BCUT2D eigenvalue weighted by Gasteiger charge is -2.22. The maximum atomic E-state index is 12.4. The number of amides is 1. The number of carbonyl (C=O) groups is 1. The van der Waals surface area contributed by atoms with E-state index in [0.29, 0.717) is 16.7 Å². The van der Waals surface area contributed by atoms with Gasteiger partial charge in [-0.15, -0.1) is 0 Å². The van der Waals surface area contributed by atoms with Gasteiger partial charge >= 0.3 is 0 Å². The van der Waals surface area contributed by atoms with Crippen LogP contribution in [0.5, 0.6) is 0 Å². The predicted molar refractivity (Wildman–Crippen MR) is 92.3 cm³/mol. The van der Waals surface area contributed by atoms with E-state index >= 15 is 0 Å². The first-order chi connectivity index (χ1) is 12.6. The highest BCUT2D eigenvalue weighted by Gasteiger charge is 2.45. The van der Waals surface area contributed by atoms with Gasteiger partial charge in [0.25, 0.3) is 5.91 Å². The van der Waals surface area contributed by atoms with Crippen LogP contribution in [0.2, 0.25) is 0 Å². The summed E-state index contributed by atoms with van der Waals surface area (Å²) in [5.41, 5.74) is 7.08. The first-order valence-electron chi connectivity index (χ1n) is 7.80. The van der Waals surface area contributed by atoms with Gasteiger partial charge in [0.05, 0.1) is 12.9 Å². The molecule has 1 fully saturated rings. The van der Waals surface area contributed by atoms with Gasteiger partial charge in [0.1, 0.15) is 30.1 Å². The van der Waals surface area contributed by atoms with Crippen molar-refractivity contribution in [3.8, 4) is 0 Å². The van der Waals surface area contributed by atoms with Crippen molar-refractivity contribution < 1.29 is 19.7 Å². The predicted octanol–water partition coefficient (Wildman–Crippen LogP) is -0.481. The van der Waals surface area contributed by atoms with E-state index in [0.717, 1.165) is 0 Å². The number of nitrogen functional groups attached to an aromatic ring is 1. The number of nitrogens with zero attached hydrogens (tertiary/aromatic N) is 4. The minimum absolute atomic E-state index is 0.213. The first-order valence-corrected chi connectivity index (χ1v) is 8.75. The fourth-order valence-corrected chi connectivity index (χ4v) is 3.61. The fraction of sp³-hybridized carbons (Fsp3) is 0.333. The third-order valence-electron chi connectivity index (χ3n) is 4.29. The van der Waals surface area contributed by atoms with E-state index in [9.17, 15) is 15.0 Å². The Morgan fingerprint density at radius 1 is 1.42 bits per heavy atom. The molecule has 4 atom stereocenters. The number of fused-ring (bicyclic) bond motifs is 1. The van der Waals surface area contributed by atoms with E-state index in [1.807, 2.05) is 0 Å². The summed E-state index contributed by atoms with van der Waals surface area (Å²) >= 11 is 1.39. The van der Waals surface area contributed by atoms with Gasteiger partial charge in [0.2, 0.25) is 0 Å². The van der Waals surface area contributed by atoms with E-state index in [2.05, 4.69) is 20.3 Å². The van der Waals surface area contributed by atoms with E-state index in [4.69, 9.17) is 10.5 Å². The number of imidazole rings is 1. The molecule has 0 radical (unpaired) electrons. The summed E-state index contributed by atoms with van der Waals surface area (Å²) < 4.78 is 7.32. The van der Waals surface area contributed by atoms with Crippen LogP contribution in [0.4, 0.5) is 5.82 Å². The number of hydrogen-bond donors (Lipinski definition) is 4. The van der Waals surface area contributed by atoms with Crippen LogP contribution < -0.4 is 11.1 Å². The Morgan fingerprint density at radius 3 is 3.00 bits per heavy atom. The lowest BCUT2D eigenvalue weighted by Crippen LogP contribution is -2.46. The monoisotopic (exact) mass is 376 g/mol. The molecule has 4 rings (SSSR count). The minimum Gasteiger partial charge on any atom is -0.394 e. The Morgan fingerprint density at radius 2 is 2.27 bits per heavy atom. The highest BCUT2D eigenvalue weighted by molar-refractivity contribution is 7.08. The van der Waals surface area contributed by atoms with E-state index < -0.39 is 31.1 Å². The zero-order valence-electron chi connectivity index (χ0n) is 13.4. The number of aliphatic hydroxyl groups excluding tert-OH is 2. The average Bonchev–Trinajstić information content (AvgIpc) is 3.35. The Kier molecular flexibility index (Phi) is 4.28. The molecule has 0 bridgehead atoms. The molecule has 0 spiro atoms. The minimum atomic E-state index is -1.11. The van der Waals surface area contributed by atoms with E-state index in [1.165, 1.54) is 24.0 Å². The van der Waals surface area contributed by atoms with Crippen LogP contribution in [-0.4, -0.2) is 60.5 Å². The second-order valence-electron chi connectivity index (χ2n) is 5.83. The molecule has 0 saturated carbocycles.